The number of rotatable bonds is 5. The van der Waals surface area contributed by atoms with E-state index in [-0.39, 0.29) is 10.6 Å². The number of fused-ring (bicyclic) bond motifs is 1. The molecule has 0 unspecified atom stereocenters. The van der Waals surface area contributed by atoms with Gasteiger partial charge in [0.1, 0.15) is 17.2 Å². The molecule has 4 aromatic rings. The van der Waals surface area contributed by atoms with Gasteiger partial charge in [0.2, 0.25) is 0 Å². The molecule has 0 aliphatic carbocycles. The van der Waals surface area contributed by atoms with Gasteiger partial charge in [0, 0.05) is 18.3 Å². The fourth-order valence-corrected chi connectivity index (χ4v) is 3.22. The van der Waals surface area contributed by atoms with Crippen LogP contribution in [0.5, 0.6) is 0 Å². The first-order valence-corrected chi connectivity index (χ1v) is 8.65. The molecule has 6 nitrogen and oxygen atoms in total. The summed E-state index contributed by atoms with van der Waals surface area (Å²) in [6.45, 7) is 2.59. The second kappa shape index (κ2) is 6.92. The van der Waals surface area contributed by atoms with Crippen LogP contribution >= 0.6 is 0 Å². The maximum Gasteiger partial charge on any atom is 0.278 e. The Kier molecular flexibility index (Phi) is 4.30. The molecule has 2 aromatic heterocycles. The van der Waals surface area contributed by atoms with Gasteiger partial charge in [0.25, 0.3) is 5.69 Å². The van der Waals surface area contributed by atoms with E-state index < -0.39 is 0 Å². The summed E-state index contributed by atoms with van der Waals surface area (Å²) in [5.74, 6) is 0.751. The highest BCUT2D eigenvalue weighted by Gasteiger charge is 2.22. The minimum absolute atomic E-state index is 0.0429. The van der Waals surface area contributed by atoms with E-state index in [1.165, 1.54) is 6.07 Å². The smallest absolute Gasteiger partial charge is 0.278 e. The van der Waals surface area contributed by atoms with Gasteiger partial charge in [-0.3, -0.25) is 14.5 Å². The van der Waals surface area contributed by atoms with Crippen molar-refractivity contribution in [3.8, 4) is 11.3 Å². The van der Waals surface area contributed by atoms with Gasteiger partial charge in [-0.15, -0.1) is 0 Å². The van der Waals surface area contributed by atoms with Crippen LogP contribution in [0, 0.1) is 17.0 Å². The lowest BCUT2D eigenvalue weighted by Crippen LogP contribution is -2.05. The minimum atomic E-state index is -0.368. The van der Waals surface area contributed by atoms with Crippen molar-refractivity contribution in [2.75, 3.05) is 5.32 Å². The van der Waals surface area contributed by atoms with Crippen LogP contribution in [-0.4, -0.2) is 14.3 Å². The summed E-state index contributed by atoms with van der Waals surface area (Å²) in [5, 5.41) is 15.0. The Morgan fingerprint density at radius 3 is 2.52 bits per heavy atom. The number of aromatic nitrogens is 2. The quantitative estimate of drug-likeness (QED) is 0.410. The molecule has 0 radical (unpaired) electrons. The van der Waals surface area contributed by atoms with Gasteiger partial charge in [-0.05, 0) is 30.7 Å². The van der Waals surface area contributed by atoms with Gasteiger partial charge >= 0.3 is 0 Å². The van der Waals surface area contributed by atoms with Gasteiger partial charge in [-0.2, -0.15) is 0 Å². The number of para-hydroxylation sites is 1. The lowest BCUT2D eigenvalue weighted by atomic mass is 10.1. The molecule has 4 rings (SSSR count). The lowest BCUT2D eigenvalue weighted by molar-refractivity contribution is -0.384. The van der Waals surface area contributed by atoms with Crippen LogP contribution < -0.4 is 5.32 Å². The molecule has 134 valence electrons. The Bertz CT molecular complexity index is 1120. The molecule has 6 heteroatoms. The summed E-state index contributed by atoms with van der Waals surface area (Å²) >= 11 is 0. The third-order valence-corrected chi connectivity index (χ3v) is 4.50. The van der Waals surface area contributed by atoms with E-state index in [1.807, 2.05) is 59.9 Å². The number of nitrogens with zero attached hydrogens (tertiary/aromatic N) is 3. The number of anilines is 1. The number of hydrogen-bond donors (Lipinski definition) is 1. The molecule has 0 atom stereocenters. The first-order chi connectivity index (χ1) is 13.1. The SMILES string of the molecule is Cc1cccc2nc(-c3ccccc3[N+](=O)[O-])c(NCc3ccccc3)n12. The summed E-state index contributed by atoms with van der Waals surface area (Å²) in [6, 6.07) is 22.5. The van der Waals surface area contributed by atoms with Crippen molar-refractivity contribution < 1.29 is 4.92 Å². The number of nitrogens with one attached hydrogen (secondary N) is 1. The monoisotopic (exact) mass is 358 g/mol. The zero-order valence-electron chi connectivity index (χ0n) is 14.8. The van der Waals surface area contributed by atoms with Crippen LogP contribution in [-0.2, 0) is 6.54 Å². The molecule has 1 N–H and O–H groups in total. The van der Waals surface area contributed by atoms with E-state index >= 15 is 0 Å². The fraction of sp³-hybridized carbons (Fsp3) is 0.0952. The Morgan fingerprint density at radius 2 is 1.74 bits per heavy atom. The van der Waals surface area contributed by atoms with Crippen LogP contribution in [0.3, 0.4) is 0 Å². The first-order valence-electron chi connectivity index (χ1n) is 8.65. The highest BCUT2D eigenvalue weighted by molar-refractivity contribution is 5.82. The molecule has 2 heterocycles. The molecule has 0 saturated heterocycles. The predicted molar refractivity (Wildman–Crippen MR) is 106 cm³/mol. The number of nitro benzene ring substituents is 1. The van der Waals surface area contributed by atoms with Gasteiger partial charge < -0.3 is 5.32 Å². The predicted octanol–water partition coefficient (Wildman–Crippen LogP) is 4.83. The summed E-state index contributed by atoms with van der Waals surface area (Å²) < 4.78 is 2.00. The van der Waals surface area contributed by atoms with Crippen molar-refractivity contribution in [1.29, 1.82) is 0 Å². The second-order valence-corrected chi connectivity index (χ2v) is 6.28. The molecule has 0 aliphatic rings. The topological polar surface area (TPSA) is 72.5 Å². The number of imidazole rings is 1. The molecule has 0 aliphatic heterocycles. The van der Waals surface area contributed by atoms with Crippen molar-refractivity contribution in [3.63, 3.8) is 0 Å². The van der Waals surface area contributed by atoms with Gasteiger partial charge in [0.05, 0.1) is 10.5 Å². The van der Waals surface area contributed by atoms with E-state index in [2.05, 4.69) is 5.32 Å². The molecule has 0 saturated carbocycles. The third kappa shape index (κ3) is 3.13. The highest BCUT2D eigenvalue weighted by Crippen LogP contribution is 2.35. The van der Waals surface area contributed by atoms with Crippen LogP contribution in [0.4, 0.5) is 11.5 Å². The Balaban J connectivity index is 1.88. The van der Waals surface area contributed by atoms with Crippen molar-refractivity contribution >= 4 is 17.2 Å². The minimum Gasteiger partial charge on any atom is -0.365 e. The van der Waals surface area contributed by atoms with Crippen LogP contribution in [0.15, 0.2) is 72.8 Å². The first kappa shape index (κ1) is 16.8. The highest BCUT2D eigenvalue weighted by atomic mass is 16.6. The van der Waals surface area contributed by atoms with E-state index in [1.54, 1.807) is 18.2 Å². The lowest BCUT2D eigenvalue weighted by Gasteiger charge is -2.11. The number of pyridine rings is 1. The second-order valence-electron chi connectivity index (χ2n) is 6.28. The molecular formula is C21H18N4O2. The molecule has 0 bridgehead atoms. The standard InChI is InChI=1S/C21H18N4O2/c1-15-8-7-13-19-23-20(17-11-5-6-12-18(17)25(26)27)21(24(15)19)22-14-16-9-3-2-4-10-16/h2-13,22H,14H2,1H3. The summed E-state index contributed by atoms with van der Waals surface area (Å²) in [4.78, 5) is 15.8. The Labute approximate surface area is 156 Å². The average Bonchev–Trinajstić information content (AvgIpc) is 3.07. The van der Waals surface area contributed by atoms with Crippen molar-refractivity contribution in [1.82, 2.24) is 9.38 Å². The fourth-order valence-electron chi connectivity index (χ4n) is 3.22. The van der Waals surface area contributed by atoms with Crippen LogP contribution in [0.25, 0.3) is 16.9 Å². The number of hydrogen-bond acceptors (Lipinski definition) is 4. The maximum atomic E-state index is 11.5. The maximum absolute atomic E-state index is 11.5. The summed E-state index contributed by atoms with van der Waals surface area (Å²) in [5.41, 5.74) is 3.99. The Hall–Kier alpha value is -3.67. The molecule has 27 heavy (non-hydrogen) atoms. The zero-order valence-corrected chi connectivity index (χ0v) is 14.8. The molecule has 0 amide bonds. The largest absolute Gasteiger partial charge is 0.365 e. The van der Waals surface area contributed by atoms with Gasteiger partial charge in [-0.25, -0.2) is 4.98 Å². The van der Waals surface area contributed by atoms with E-state index in [9.17, 15) is 10.1 Å². The van der Waals surface area contributed by atoms with Crippen molar-refractivity contribution in [3.05, 3.63) is 94.2 Å². The summed E-state index contributed by atoms with van der Waals surface area (Å²) in [7, 11) is 0. The van der Waals surface area contributed by atoms with Crippen molar-refractivity contribution in [2.45, 2.75) is 13.5 Å². The van der Waals surface area contributed by atoms with E-state index in [0.29, 0.717) is 17.8 Å². The number of nitro groups is 1. The molecular weight excluding hydrogens is 340 g/mol. The molecule has 2 aromatic carbocycles. The van der Waals surface area contributed by atoms with E-state index in [4.69, 9.17) is 4.98 Å². The van der Waals surface area contributed by atoms with Crippen LogP contribution in [0.1, 0.15) is 11.3 Å². The summed E-state index contributed by atoms with van der Waals surface area (Å²) in [6.07, 6.45) is 0. The third-order valence-electron chi connectivity index (χ3n) is 4.50. The zero-order chi connectivity index (χ0) is 18.8. The van der Waals surface area contributed by atoms with Gasteiger partial charge in [-0.1, -0.05) is 48.5 Å². The molecule has 0 spiro atoms. The van der Waals surface area contributed by atoms with Crippen molar-refractivity contribution in [2.24, 2.45) is 0 Å². The number of aryl methyl sites for hydroxylation is 1. The van der Waals surface area contributed by atoms with Crippen LogP contribution in [0.2, 0.25) is 0 Å². The average molecular weight is 358 g/mol. The number of benzene rings is 2. The Morgan fingerprint density at radius 1 is 1.00 bits per heavy atom. The normalized spacial score (nSPS) is 10.9. The van der Waals surface area contributed by atoms with E-state index in [0.717, 1.165) is 22.7 Å². The van der Waals surface area contributed by atoms with Gasteiger partial charge in [0.15, 0.2) is 0 Å². The molecule has 0 fully saturated rings.